The van der Waals surface area contributed by atoms with Crippen LogP contribution in [-0.4, -0.2) is 67.1 Å². The Hall–Kier alpha value is -1.09. The molecule has 2 N–H and O–H groups in total. The number of hydrogen-bond acceptors (Lipinski definition) is 5. The zero-order chi connectivity index (χ0) is 19.6. The Balaban J connectivity index is 1.66. The molecule has 0 aliphatic carbocycles. The number of anilines is 1. The molecule has 6 nitrogen and oxygen atoms in total. The Bertz CT molecular complexity index is 624. The van der Waals surface area contributed by atoms with Crippen LogP contribution in [-0.2, 0) is 14.3 Å². The number of morpholine rings is 1. The topological polar surface area (TPSA) is 70.7 Å². The van der Waals surface area contributed by atoms with E-state index < -0.39 is 0 Å². The molecule has 0 radical (unpaired) electrons. The normalized spacial score (nSPS) is 16.1. The lowest BCUT2D eigenvalue weighted by Crippen LogP contribution is -2.51. The van der Waals surface area contributed by atoms with Crippen molar-refractivity contribution in [2.75, 3.05) is 49.7 Å². The first-order valence-corrected chi connectivity index (χ1v) is 11.1. The van der Waals surface area contributed by atoms with Crippen molar-refractivity contribution in [3.05, 3.63) is 28.7 Å². The number of hydrogen-bond donors (Lipinski definition) is 2. The molecule has 1 aliphatic heterocycles. The van der Waals surface area contributed by atoms with Gasteiger partial charge in [-0.25, -0.2) is 0 Å². The van der Waals surface area contributed by atoms with Gasteiger partial charge in [0.05, 0.1) is 24.7 Å². The van der Waals surface area contributed by atoms with E-state index >= 15 is 0 Å². The van der Waals surface area contributed by atoms with Gasteiger partial charge < -0.3 is 15.4 Å². The molecule has 1 saturated heterocycles. The average molecular weight is 458 g/mol. The van der Waals surface area contributed by atoms with E-state index in [1.807, 2.05) is 24.3 Å². The molecule has 1 heterocycles. The van der Waals surface area contributed by atoms with E-state index in [1.54, 1.807) is 0 Å². The predicted molar refractivity (Wildman–Crippen MR) is 114 cm³/mol. The average Bonchev–Trinajstić information content (AvgIpc) is 2.62. The van der Waals surface area contributed by atoms with Gasteiger partial charge in [0.15, 0.2) is 0 Å². The molecule has 1 atom stereocenters. The van der Waals surface area contributed by atoms with Crippen molar-refractivity contribution in [1.82, 2.24) is 10.2 Å². The Morgan fingerprint density at radius 2 is 1.93 bits per heavy atom. The van der Waals surface area contributed by atoms with Crippen molar-refractivity contribution in [3.63, 3.8) is 0 Å². The molecule has 2 rings (SSSR count). The first kappa shape index (κ1) is 22.2. The lowest BCUT2D eigenvalue weighted by atomic mass is 10.0. The lowest BCUT2D eigenvalue weighted by Gasteiger charge is -2.36. The minimum absolute atomic E-state index is 0.0332. The maximum Gasteiger partial charge on any atom is 0.234 e. The fourth-order valence-electron chi connectivity index (χ4n) is 2.96. The number of amides is 2. The van der Waals surface area contributed by atoms with Crippen LogP contribution in [0.25, 0.3) is 0 Å². The van der Waals surface area contributed by atoms with Gasteiger partial charge in [-0.3, -0.25) is 14.5 Å². The summed E-state index contributed by atoms with van der Waals surface area (Å²) in [7, 11) is 0. The van der Waals surface area contributed by atoms with Crippen LogP contribution in [0.3, 0.4) is 0 Å². The summed E-state index contributed by atoms with van der Waals surface area (Å²) in [4.78, 5) is 26.5. The smallest absolute Gasteiger partial charge is 0.234 e. The number of carbonyl (C=O) groups excluding carboxylic acids is 2. The van der Waals surface area contributed by atoms with Crippen LogP contribution in [0.4, 0.5) is 5.69 Å². The summed E-state index contributed by atoms with van der Waals surface area (Å²) in [6, 6.07) is 7.74. The largest absolute Gasteiger partial charge is 0.379 e. The standard InChI is InChI=1S/C19H28BrN3O3S/c1-14(2)17(23-6-8-26-9-7-23)11-21-18(24)12-27-13-19(25)22-16-5-3-4-15(20)10-16/h3-5,10,14,17H,6-9,11-13H2,1-2H3,(H,21,24)(H,22,25). The van der Waals surface area contributed by atoms with Gasteiger partial charge in [-0.2, -0.15) is 0 Å². The lowest BCUT2D eigenvalue weighted by molar-refractivity contribution is -0.119. The van der Waals surface area contributed by atoms with Crippen LogP contribution >= 0.6 is 27.7 Å². The quantitative estimate of drug-likeness (QED) is 0.596. The molecule has 2 amide bonds. The Kier molecular flexibility index (Phi) is 9.61. The van der Waals surface area contributed by atoms with Crippen LogP contribution in [0.2, 0.25) is 0 Å². The summed E-state index contributed by atoms with van der Waals surface area (Å²) in [6.07, 6.45) is 0. The van der Waals surface area contributed by atoms with Crippen molar-refractivity contribution in [2.45, 2.75) is 19.9 Å². The number of rotatable bonds is 9. The highest BCUT2D eigenvalue weighted by molar-refractivity contribution is 9.10. The third-order valence-corrected chi connectivity index (χ3v) is 5.79. The van der Waals surface area contributed by atoms with Crippen LogP contribution < -0.4 is 10.6 Å². The van der Waals surface area contributed by atoms with E-state index in [1.165, 1.54) is 11.8 Å². The summed E-state index contributed by atoms with van der Waals surface area (Å²) in [5, 5.41) is 5.84. The van der Waals surface area contributed by atoms with Crippen LogP contribution in [0.15, 0.2) is 28.7 Å². The second-order valence-corrected chi connectivity index (χ2v) is 8.72. The number of nitrogens with one attached hydrogen (secondary N) is 2. The van der Waals surface area contributed by atoms with Crippen molar-refractivity contribution in [2.24, 2.45) is 5.92 Å². The Morgan fingerprint density at radius 3 is 2.59 bits per heavy atom. The molecule has 150 valence electrons. The van der Waals surface area contributed by atoms with E-state index in [2.05, 4.69) is 45.3 Å². The zero-order valence-corrected chi connectivity index (χ0v) is 18.3. The van der Waals surface area contributed by atoms with Gasteiger partial charge >= 0.3 is 0 Å². The third kappa shape index (κ3) is 8.21. The Morgan fingerprint density at radius 1 is 1.22 bits per heavy atom. The minimum Gasteiger partial charge on any atom is -0.379 e. The van der Waals surface area contributed by atoms with Gasteiger partial charge in [0.2, 0.25) is 11.8 Å². The third-order valence-electron chi connectivity index (χ3n) is 4.37. The minimum atomic E-state index is -0.112. The molecule has 0 saturated carbocycles. The molecular weight excluding hydrogens is 430 g/mol. The number of nitrogens with zero attached hydrogens (tertiary/aromatic N) is 1. The molecule has 1 unspecified atom stereocenters. The van der Waals surface area contributed by atoms with Crippen molar-refractivity contribution in [3.8, 4) is 0 Å². The monoisotopic (exact) mass is 457 g/mol. The second-order valence-electron chi connectivity index (χ2n) is 6.82. The number of carbonyl (C=O) groups is 2. The first-order valence-electron chi connectivity index (χ1n) is 9.17. The number of thioether (sulfide) groups is 1. The van der Waals surface area contributed by atoms with Crippen LogP contribution in [0.1, 0.15) is 13.8 Å². The van der Waals surface area contributed by atoms with Crippen LogP contribution in [0, 0.1) is 5.92 Å². The zero-order valence-electron chi connectivity index (χ0n) is 15.9. The van der Waals surface area contributed by atoms with E-state index in [9.17, 15) is 9.59 Å². The fourth-order valence-corrected chi connectivity index (χ4v) is 4.01. The van der Waals surface area contributed by atoms with Gasteiger partial charge in [0, 0.05) is 35.8 Å². The summed E-state index contributed by atoms with van der Waals surface area (Å²) in [5.74, 6) is 0.831. The number of ether oxygens (including phenoxy) is 1. The molecule has 1 aromatic carbocycles. The molecular formula is C19H28BrN3O3S. The highest BCUT2D eigenvalue weighted by Gasteiger charge is 2.24. The highest BCUT2D eigenvalue weighted by atomic mass is 79.9. The van der Waals surface area contributed by atoms with Crippen molar-refractivity contribution >= 4 is 45.2 Å². The molecule has 27 heavy (non-hydrogen) atoms. The first-order chi connectivity index (χ1) is 13.0. The molecule has 0 bridgehead atoms. The van der Waals surface area contributed by atoms with Crippen molar-refractivity contribution in [1.29, 1.82) is 0 Å². The van der Waals surface area contributed by atoms with Crippen LogP contribution in [0.5, 0.6) is 0 Å². The number of halogens is 1. The summed E-state index contributed by atoms with van der Waals surface area (Å²) < 4.78 is 6.32. The van der Waals surface area contributed by atoms with E-state index in [0.717, 1.165) is 36.5 Å². The van der Waals surface area contributed by atoms with Gasteiger partial charge in [-0.05, 0) is 24.1 Å². The molecule has 1 aromatic rings. The second kappa shape index (κ2) is 11.7. The van der Waals surface area contributed by atoms with Gasteiger partial charge in [0.1, 0.15) is 0 Å². The fraction of sp³-hybridized carbons (Fsp3) is 0.579. The predicted octanol–water partition coefficient (Wildman–Crippen LogP) is 2.59. The molecule has 1 fully saturated rings. The number of benzene rings is 1. The molecule has 0 spiro atoms. The maximum absolute atomic E-state index is 12.1. The van der Waals surface area contributed by atoms with E-state index in [-0.39, 0.29) is 23.3 Å². The van der Waals surface area contributed by atoms with Gasteiger partial charge in [-0.1, -0.05) is 35.8 Å². The van der Waals surface area contributed by atoms with Gasteiger partial charge in [0.25, 0.3) is 0 Å². The molecule has 0 aromatic heterocycles. The Labute approximate surface area is 173 Å². The maximum atomic E-state index is 12.1. The summed E-state index contributed by atoms with van der Waals surface area (Å²) in [6.45, 7) is 8.29. The van der Waals surface area contributed by atoms with E-state index in [0.29, 0.717) is 18.5 Å². The summed E-state index contributed by atoms with van der Waals surface area (Å²) in [5.41, 5.74) is 0.740. The SMILES string of the molecule is CC(C)C(CNC(=O)CSCC(=O)Nc1cccc(Br)c1)N1CCOCC1. The highest BCUT2D eigenvalue weighted by Crippen LogP contribution is 2.16. The van der Waals surface area contributed by atoms with Crippen molar-refractivity contribution < 1.29 is 14.3 Å². The van der Waals surface area contributed by atoms with E-state index in [4.69, 9.17) is 4.74 Å². The van der Waals surface area contributed by atoms with Gasteiger partial charge in [-0.15, -0.1) is 11.8 Å². The summed E-state index contributed by atoms with van der Waals surface area (Å²) >= 11 is 4.69. The molecule has 8 heteroatoms. The molecule has 1 aliphatic rings.